The number of rotatable bonds is 4. The highest BCUT2D eigenvalue weighted by molar-refractivity contribution is 6.33. The molecule has 1 aromatic heterocycles. The van der Waals surface area contributed by atoms with Crippen molar-refractivity contribution in [3.8, 4) is 0 Å². The van der Waals surface area contributed by atoms with Gasteiger partial charge in [-0.3, -0.25) is 4.79 Å². The van der Waals surface area contributed by atoms with Gasteiger partial charge in [-0.2, -0.15) is 0 Å². The number of anilines is 1. The van der Waals surface area contributed by atoms with Crippen LogP contribution < -0.4 is 4.90 Å². The van der Waals surface area contributed by atoms with Crippen molar-refractivity contribution in [1.29, 1.82) is 0 Å². The van der Waals surface area contributed by atoms with Gasteiger partial charge in [0.2, 0.25) is 0 Å². The molecule has 114 valence electrons. The summed E-state index contributed by atoms with van der Waals surface area (Å²) < 4.78 is 5.02. The van der Waals surface area contributed by atoms with Crippen LogP contribution in [-0.2, 0) is 9.53 Å². The SMILES string of the molecule is CCOC(=O)C1CCN(c2ncc(C(=O)O)cc2Cl)CC1. The van der Waals surface area contributed by atoms with Crippen LogP contribution in [0.1, 0.15) is 30.1 Å². The van der Waals surface area contributed by atoms with Crippen LogP contribution in [0.3, 0.4) is 0 Å². The number of esters is 1. The van der Waals surface area contributed by atoms with Gasteiger partial charge in [0.05, 0.1) is 23.1 Å². The van der Waals surface area contributed by atoms with Crippen LogP contribution in [0.2, 0.25) is 5.02 Å². The van der Waals surface area contributed by atoms with Crippen LogP contribution in [0.25, 0.3) is 0 Å². The zero-order valence-electron chi connectivity index (χ0n) is 11.7. The Morgan fingerprint density at radius 3 is 2.67 bits per heavy atom. The normalized spacial score (nSPS) is 15.8. The van der Waals surface area contributed by atoms with Crippen molar-refractivity contribution in [2.45, 2.75) is 19.8 Å². The Morgan fingerprint density at radius 1 is 1.48 bits per heavy atom. The van der Waals surface area contributed by atoms with Gasteiger partial charge in [-0.15, -0.1) is 0 Å². The lowest BCUT2D eigenvalue weighted by Gasteiger charge is -2.32. The first-order valence-corrected chi connectivity index (χ1v) is 7.21. The van der Waals surface area contributed by atoms with E-state index in [0.717, 1.165) is 0 Å². The van der Waals surface area contributed by atoms with Crippen molar-refractivity contribution in [1.82, 2.24) is 4.98 Å². The summed E-state index contributed by atoms with van der Waals surface area (Å²) >= 11 is 6.10. The van der Waals surface area contributed by atoms with E-state index >= 15 is 0 Å². The fourth-order valence-corrected chi connectivity index (χ4v) is 2.65. The van der Waals surface area contributed by atoms with E-state index in [2.05, 4.69) is 4.98 Å². The largest absolute Gasteiger partial charge is 0.478 e. The average Bonchev–Trinajstić information content (AvgIpc) is 2.47. The van der Waals surface area contributed by atoms with Gasteiger partial charge in [-0.05, 0) is 25.8 Å². The molecular formula is C14H17ClN2O4. The number of carbonyl (C=O) groups excluding carboxylic acids is 1. The van der Waals surface area contributed by atoms with Gasteiger partial charge >= 0.3 is 11.9 Å². The Hall–Kier alpha value is -1.82. The van der Waals surface area contributed by atoms with E-state index in [1.54, 1.807) is 6.92 Å². The first-order chi connectivity index (χ1) is 10.0. The number of carboxylic acid groups (broad SMARTS) is 1. The van der Waals surface area contributed by atoms with E-state index in [1.807, 2.05) is 4.90 Å². The molecule has 7 heteroatoms. The maximum atomic E-state index is 11.7. The Kier molecular flexibility index (Phi) is 5.01. The number of aromatic nitrogens is 1. The molecule has 1 N–H and O–H groups in total. The molecule has 0 aliphatic carbocycles. The predicted octanol–water partition coefficient (Wildman–Crippen LogP) is 2.21. The molecule has 0 atom stereocenters. The molecule has 0 unspecified atom stereocenters. The molecule has 0 bridgehead atoms. The van der Waals surface area contributed by atoms with E-state index in [-0.39, 0.29) is 17.5 Å². The van der Waals surface area contributed by atoms with Crippen molar-refractivity contribution in [3.05, 3.63) is 22.8 Å². The smallest absolute Gasteiger partial charge is 0.337 e. The second-order valence-electron chi connectivity index (χ2n) is 4.85. The number of ether oxygens (including phenoxy) is 1. The number of pyridine rings is 1. The standard InChI is InChI=1S/C14H17ClN2O4/c1-2-21-14(20)9-3-5-17(6-4-9)12-11(15)7-10(8-16-12)13(18)19/h7-9H,2-6H2,1H3,(H,18,19). The first-order valence-electron chi connectivity index (χ1n) is 6.83. The molecule has 1 aliphatic heterocycles. The highest BCUT2D eigenvalue weighted by atomic mass is 35.5. The average molecular weight is 313 g/mol. The van der Waals surface area contributed by atoms with Crippen LogP contribution in [0, 0.1) is 5.92 Å². The van der Waals surface area contributed by atoms with Crippen LogP contribution in [0.15, 0.2) is 12.3 Å². The Bertz CT molecular complexity index is 542. The molecule has 0 radical (unpaired) electrons. The molecule has 1 aromatic rings. The van der Waals surface area contributed by atoms with E-state index in [9.17, 15) is 9.59 Å². The van der Waals surface area contributed by atoms with Crippen molar-refractivity contribution in [2.24, 2.45) is 5.92 Å². The molecule has 0 aromatic carbocycles. The van der Waals surface area contributed by atoms with E-state index in [1.165, 1.54) is 12.3 Å². The topological polar surface area (TPSA) is 79.7 Å². The van der Waals surface area contributed by atoms with Gasteiger partial charge in [0.25, 0.3) is 0 Å². The lowest BCUT2D eigenvalue weighted by atomic mass is 9.97. The van der Waals surface area contributed by atoms with Crippen molar-refractivity contribution in [3.63, 3.8) is 0 Å². The number of hydrogen-bond acceptors (Lipinski definition) is 5. The van der Waals surface area contributed by atoms with Crippen molar-refractivity contribution >= 4 is 29.4 Å². The zero-order valence-corrected chi connectivity index (χ0v) is 12.5. The second-order valence-corrected chi connectivity index (χ2v) is 5.26. The number of piperidine rings is 1. The fourth-order valence-electron chi connectivity index (χ4n) is 2.37. The lowest BCUT2D eigenvalue weighted by Crippen LogP contribution is -2.37. The molecule has 2 heterocycles. The van der Waals surface area contributed by atoms with Gasteiger partial charge in [-0.1, -0.05) is 11.6 Å². The summed E-state index contributed by atoms with van der Waals surface area (Å²) in [5.74, 6) is -0.739. The number of aromatic carboxylic acids is 1. The van der Waals surface area contributed by atoms with E-state index in [0.29, 0.717) is 43.4 Å². The van der Waals surface area contributed by atoms with Crippen LogP contribution in [0.5, 0.6) is 0 Å². The highest BCUT2D eigenvalue weighted by Crippen LogP contribution is 2.28. The predicted molar refractivity (Wildman–Crippen MR) is 77.8 cm³/mol. The highest BCUT2D eigenvalue weighted by Gasteiger charge is 2.27. The minimum Gasteiger partial charge on any atom is -0.478 e. The molecule has 0 saturated carbocycles. The molecule has 0 amide bonds. The van der Waals surface area contributed by atoms with E-state index < -0.39 is 5.97 Å². The molecule has 1 fully saturated rings. The van der Waals surface area contributed by atoms with Crippen molar-refractivity contribution in [2.75, 3.05) is 24.6 Å². The van der Waals surface area contributed by atoms with Gasteiger partial charge in [-0.25, -0.2) is 9.78 Å². The van der Waals surface area contributed by atoms with Crippen LogP contribution in [-0.4, -0.2) is 41.7 Å². The molecule has 6 nitrogen and oxygen atoms in total. The maximum Gasteiger partial charge on any atom is 0.337 e. The van der Waals surface area contributed by atoms with E-state index in [4.69, 9.17) is 21.4 Å². The molecular weight excluding hydrogens is 296 g/mol. The van der Waals surface area contributed by atoms with Crippen LogP contribution in [0.4, 0.5) is 5.82 Å². The number of halogens is 1. The quantitative estimate of drug-likeness (QED) is 0.859. The molecule has 0 spiro atoms. The summed E-state index contributed by atoms with van der Waals surface area (Å²) in [7, 11) is 0. The third-order valence-electron chi connectivity index (χ3n) is 3.48. The summed E-state index contributed by atoms with van der Waals surface area (Å²) in [5.41, 5.74) is 0.0603. The Balaban J connectivity index is 2.02. The van der Waals surface area contributed by atoms with Crippen molar-refractivity contribution < 1.29 is 19.4 Å². The van der Waals surface area contributed by atoms with Crippen LogP contribution >= 0.6 is 11.6 Å². The molecule has 1 aliphatic rings. The minimum absolute atomic E-state index is 0.0603. The van der Waals surface area contributed by atoms with Gasteiger partial charge < -0.3 is 14.7 Å². The third-order valence-corrected chi connectivity index (χ3v) is 3.76. The maximum absolute atomic E-state index is 11.7. The number of carboxylic acids is 1. The third kappa shape index (κ3) is 3.64. The fraction of sp³-hybridized carbons (Fsp3) is 0.500. The first kappa shape index (κ1) is 15.6. The number of nitrogens with zero attached hydrogens (tertiary/aromatic N) is 2. The molecule has 1 saturated heterocycles. The molecule has 21 heavy (non-hydrogen) atoms. The summed E-state index contributed by atoms with van der Waals surface area (Å²) in [5, 5.41) is 9.20. The minimum atomic E-state index is -1.06. The summed E-state index contributed by atoms with van der Waals surface area (Å²) in [6, 6.07) is 1.39. The van der Waals surface area contributed by atoms with Gasteiger partial charge in [0.1, 0.15) is 5.82 Å². The number of hydrogen-bond donors (Lipinski definition) is 1. The summed E-state index contributed by atoms with van der Waals surface area (Å²) in [6.07, 6.45) is 2.65. The van der Waals surface area contributed by atoms with Gasteiger partial charge in [0.15, 0.2) is 0 Å². The zero-order chi connectivity index (χ0) is 15.4. The Labute approximate surface area is 127 Å². The molecule has 2 rings (SSSR count). The lowest BCUT2D eigenvalue weighted by molar-refractivity contribution is -0.148. The summed E-state index contributed by atoms with van der Waals surface area (Å²) in [4.78, 5) is 28.6. The summed E-state index contributed by atoms with van der Waals surface area (Å²) in [6.45, 7) is 3.47. The monoisotopic (exact) mass is 312 g/mol. The van der Waals surface area contributed by atoms with Gasteiger partial charge in [0, 0.05) is 19.3 Å². The second kappa shape index (κ2) is 6.76. The number of carbonyl (C=O) groups is 2. The Morgan fingerprint density at radius 2 is 2.14 bits per heavy atom.